The Morgan fingerprint density at radius 2 is 1.77 bits per heavy atom. The summed E-state index contributed by atoms with van der Waals surface area (Å²) in [6, 6.07) is 2.46. The Balaban J connectivity index is 1.67. The Bertz CT molecular complexity index is 1460. The number of benzene rings is 1. The molecule has 0 spiro atoms. The zero-order chi connectivity index (χ0) is 32.5. The topological polar surface area (TPSA) is 116 Å². The molecule has 238 valence electrons. The fourth-order valence-electron chi connectivity index (χ4n) is 4.52. The number of nitrogens with zero attached hydrogens (tertiary/aromatic N) is 2. The summed E-state index contributed by atoms with van der Waals surface area (Å²) in [4.78, 5) is 43.2. The van der Waals surface area contributed by atoms with Crippen molar-refractivity contribution in [2.45, 2.75) is 71.1 Å². The maximum absolute atomic E-state index is 13.5. The van der Waals surface area contributed by atoms with Gasteiger partial charge in [0.05, 0.1) is 28.0 Å². The lowest BCUT2D eigenvalue weighted by Crippen LogP contribution is -2.67. The van der Waals surface area contributed by atoms with Crippen molar-refractivity contribution in [3.8, 4) is 0 Å². The van der Waals surface area contributed by atoms with Gasteiger partial charge < -0.3 is 15.1 Å². The van der Waals surface area contributed by atoms with E-state index in [1.54, 1.807) is 6.07 Å². The lowest BCUT2D eigenvalue weighted by Gasteiger charge is -2.47. The van der Waals surface area contributed by atoms with Gasteiger partial charge in [-0.25, -0.2) is 13.1 Å². The molecule has 1 fully saturated rings. The van der Waals surface area contributed by atoms with E-state index in [0.717, 1.165) is 16.5 Å². The molecule has 0 aliphatic carbocycles. The number of thiophene rings is 1. The van der Waals surface area contributed by atoms with E-state index >= 15 is 0 Å². The minimum atomic E-state index is -4.78. The van der Waals surface area contributed by atoms with Gasteiger partial charge in [0, 0.05) is 24.5 Å². The summed E-state index contributed by atoms with van der Waals surface area (Å²) >= 11 is 7.22. The zero-order valence-electron chi connectivity index (χ0n) is 24.8. The first-order chi connectivity index (χ1) is 19.8. The number of likely N-dealkylation sites (tertiary alicyclic amines) is 1. The summed E-state index contributed by atoms with van der Waals surface area (Å²) in [5, 5.41) is 2.45. The third-order valence-electron chi connectivity index (χ3n) is 7.14. The second kappa shape index (κ2) is 13.1. The van der Waals surface area contributed by atoms with Gasteiger partial charge in [-0.2, -0.15) is 13.2 Å². The number of carbonyl (C=O) groups is 3. The highest BCUT2D eigenvalue weighted by atomic mass is 35.5. The molecule has 1 aliphatic heterocycles. The summed E-state index contributed by atoms with van der Waals surface area (Å²) in [6.07, 6.45) is -4.24. The molecule has 3 amide bonds. The summed E-state index contributed by atoms with van der Waals surface area (Å²) in [5.41, 5.74) is -0.817. The average molecular weight is 665 g/mol. The van der Waals surface area contributed by atoms with E-state index in [0.29, 0.717) is 23.4 Å². The second-order valence-corrected chi connectivity index (χ2v) is 15.0. The molecular formula is C28H36ClF3N4O5S2. The van der Waals surface area contributed by atoms with Gasteiger partial charge in [0.25, 0.3) is 5.91 Å². The molecule has 3 rings (SSSR count). The lowest BCUT2D eigenvalue weighted by molar-refractivity contribution is -0.149. The van der Waals surface area contributed by atoms with Crippen LogP contribution in [0.4, 0.5) is 13.2 Å². The highest BCUT2D eigenvalue weighted by Gasteiger charge is 2.43. The van der Waals surface area contributed by atoms with Crippen LogP contribution in [0.15, 0.2) is 29.2 Å². The van der Waals surface area contributed by atoms with E-state index < -0.39 is 61.6 Å². The molecule has 2 heterocycles. The monoisotopic (exact) mass is 664 g/mol. The summed E-state index contributed by atoms with van der Waals surface area (Å²) < 4.78 is 67.0. The molecule has 0 unspecified atom stereocenters. The zero-order valence-corrected chi connectivity index (χ0v) is 27.2. The number of carbonyl (C=O) groups excluding carboxylic acids is 3. The molecule has 9 nitrogen and oxygen atoms in total. The number of aryl methyl sites for hydroxylation is 2. The fourth-order valence-corrected chi connectivity index (χ4v) is 6.96. The number of alkyl halides is 3. The van der Waals surface area contributed by atoms with Gasteiger partial charge >= 0.3 is 6.18 Å². The molecule has 0 radical (unpaired) electrons. The standard InChI is InChI=1S/C28H36ClF3N4O5S2/c1-7-10-36(23(37)13-33-43(40,41)22-12-18(28(30,31)32)8-9-20(22)29)19-14-35(15-19)26(39)24(27(4,5)6)34-25(38)21-11-16(2)17(3)42-21/h8-9,11-12,19,24,33H,7,10,13-15H2,1-6H3,(H,34,38)/t24-/m1/s1. The van der Waals surface area contributed by atoms with Gasteiger partial charge in [-0.3, -0.25) is 14.4 Å². The Morgan fingerprint density at radius 3 is 2.28 bits per heavy atom. The van der Waals surface area contributed by atoms with E-state index in [9.17, 15) is 36.0 Å². The normalized spacial score (nSPS) is 15.2. The molecule has 1 aliphatic rings. The van der Waals surface area contributed by atoms with Crippen molar-refractivity contribution in [3.63, 3.8) is 0 Å². The van der Waals surface area contributed by atoms with Crippen LogP contribution in [0.3, 0.4) is 0 Å². The fraction of sp³-hybridized carbons (Fsp3) is 0.536. The first-order valence-electron chi connectivity index (χ1n) is 13.6. The highest BCUT2D eigenvalue weighted by Crippen LogP contribution is 2.33. The van der Waals surface area contributed by atoms with Crippen LogP contribution in [0.5, 0.6) is 0 Å². The predicted octanol–water partition coefficient (Wildman–Crippen LogP) is 4.61. The molecule has 15 heteroatoms. The van der Waals surface area contributed by atoms with Gasteiger partial charge in [0.1, 0.15) is 10.9 Å². The molecule has 43 heavy (non-hydrogen) atoms. The van der Waals surface area contributed by atoms with Crippen LogP contribution >= 0.6 is 22.9 Å². The number of nitrogens with one attached hydrogen (secondary N) is 2. The molecule has 0 bridgehead atoms. The average Bonchev–Trinajstić information content (AvgIpc) is 3.21. The largest absolute Gasteiger partial charge is 0.416 e. The van der Waals surface area contributed by atoms with E-state index in [4.69, 9.17) is 11.6 Å². The first-order valence-corrected chi connectivity index (χ1v) is 16.3. The number of sulfonamides is 1. The summed E-state index contributed by atoms with van der Waals surface area (Å²) in [5.74, 6) is -1.25. The van der Waals surface area contributed by atoms with Crippen LogP contribution in [0.2, 0.25) is 5.02 Å². The quantitative estimate of drug-likeness (QED) is 0.385. The summed E-state index contributed by atoms with van der Waals surface area (Å²) in [6.45, 7) is 11.1. The van der Waals surface area contributed by atoms with Gasteiger partial charge in [0.15, 0.2) is 0 Å². The third-order valence-corrected chi connectivity index (χ3v) is 10.2. The van der Waals surface area contributed by atoms with Crippen LogP contribution in [-0.2, 0) is 25.8 Å². The van der Waals surface area contributed by atoms with Crippen molar-refractivity contribution in [2.75, 3.05) is 26.2 Å². The molecular weight excluding hydrogens is 629 g/mol. The smallest absolute Gasteiger partial charge is 0.339 e. The molecule has 1 atom stereocenters. The molecule has 2 aromatic rings. The van der Waals surface area contributed by atoms with Gasteiger partial charge in [-0.05, 0) is 55.5 Å². The molecule has 1 saturated heterocycles. The number of hydrogen-bond acceptors (Lipinski definition) is 6. The highest BCUT2D eigenvalue weighted by molar-refractivity contribution is 7.89. The third kappa shape index (κ3) is 8.28. The maximum atomic E-state index is 13.5. The van der Waals surface area contributed by atoms with Crippen molar-refractivity contribution < 1.29 is 36.0 Å². The van der Waals surface area contributed by atoms with Gasteiger partial charge in [-0.1, -0.05) is 39.3 Å². The van der Waals surface area contributed by atoms with Gasteiger partial charge in [0.2, 0.25) is 21.8 Å². The SMILES string of the molecule is CCCN(C(=O)CNS(=O)(=O)c1cc(C(F)(F)F)ccc1Cl)C1CN(C(=O)[C@@H](NC(=O)c2cc(C)c(C)s2)C(C)(C)C)C1. The Morgan fingerprint density at radius 1 is 1.14 bits per heavy atom. The van der Waals surface area contributed by atoms with Crippen molar-refractivity contribution in [1.82, 2.24) is 19.8 Å². The molecule has 2 N–H and O–H groups in total. The number of hydrogen-bond donors (Lipinski definition) is 2. The lowest BCUT2D eigenvalue weighted by atomic mass is 9.84. The number of rotatable bonds is 10. The Kier molecular flexibility index (Phi) is 10.6. The van der Waals surface area contributed by atoms with E-state index in [1.807, 2.05) is 41.5 Å². The number of amides is 3. The Hall–Kier alpha value is -2.68. The Labute approximate surface area is 258 Å². The maximum Gasteiger partial charge on any atom is 0.416 e. The van der Waals surface area contributed by atoms with Crippen molar-refractivity contribution in [2.24, 2.45) is 5.41 Å². The van der Waals surface area contributed by atoms with Crippen molar-refractivity contribution in [1.29, 1.82) is 0 Å². The van der Waals surface area contributed by atoms with Crippen LogP contribution in [-0.4, -0.2) is 74.2 Å². The molecule has 1 aromatic heterocycles. The van der Waals surface area contributed by atoms with Gasteiger partial charge in [-0.15, -0.1) is 11.3 Å². The first kappa shape index (κ1) is 34.8. The van der Waals surface area contributed by atoms with Crippen molar-refractivity contribution in [3.05, 3.63) is 50.2 Å². The minimum absolute atomic E-state index is 0.177. The molecule has 1 aromatic carbocycles. The summed E-state index contributed by atoms with van der Waals surface area (Å²) in [7, 11) is -4.55. The van der Waals surface area contributed by atoms with E-state index in [2.05, 4.69) is 10.0 Å². The predicted molar refractivity (Wildman–Crippen MR) is 159 cm³/mol. The van der Waals surface area contributed by atoms with Crippen LogP contribution in [0, 0.1) is 19.3 Å². The van der Waals surface area contributed by atoms with Crippen molar-refractivity contribution >= 4 is 50.7 Å². The van der Waals surface area contributed by atoms with Crippen LogP contribution in [0.1, 0.15) is 59.8 Å². The molecule has 0 saturated carbocycles. The second-order valence-electron chi connectivity index (χ2n) is 11.6. The number of halogens is 4. The van der Waals surface area contributed by atoms with E-state index in [1.165, 1.54) is 21.1 Å². The minimum Gasteiger partial charge on any atom is -0.339 e. The van der Waals surface area contributed by atoms with E-state index in [-0.39, 0.29) is 31.4 Å². The van der Waals surface area contributed by atoms with Crippen LogP contribution < -0.4 is 10.0 Å². The van der Waals surface area contributed by atoms with Crippen LogP contribution in [0.25, 0.3) is 0 Å².